The third-order valence-electron chi connectivity index (χ3n) is 3.76. The van der Waals surface area contributed by atoms with Crippen LogP contribution in [0.3, 0.4) is 0 Å². The largest absolute Gasteiger partial charge is 0.421 e. The molecule has 7 heteroatoms. The van der Waals surface area contributed by atoms with Gasteiger partial charge in [-0.25, -0.2) is 4.39 Å². The summed E-state index contributed by atoms with van der Waals surface area (Å²) in [7, 11) is 0. The van der Waals surface area contributed by atoms with Crippen molar-refractivity contribution in [2.45, 2.75) is 27.3 Å². The van der Waals surface area contributed by atoms with Gasteiger partial charge in [-0.3, -0.25) is 4.79 Å². The van der Waals surface area contributed by atoms with Crippen molar-refractivity contribution in [2.24, 2.45) is 0 Å². The minimum atomic E-state index is -0.343. The van der Waals surface area contributed by atoms with Gasteiger partial charge in [-0.05, 0) is 44.2 Å². The summed E-state index contributed by atoms with van der Waals surface area (Å²) >= 11 is 0. The molecule has 24 heavy (non-hydrogen) atoms. The highest BCUT2D eigenvalue weighted by atomic mass is 19.1. The zero-order valence-electron chi connectivity index (χ0n) is 13.6. The molecule has 0 spiro atoms. The summed E-state index contributed by atoms with van der Waals surface area (Å²) in [6.07, 6.45) is 0. The summed E-state index contributed by atoms with van der Waals surface area (Å²) in [5, 5.41) is 10.6. The van der Waals surface area contributed by atoms with Crippen molar-refractivity contribution < 1.29 is 13.6 Å². The van der Waals surface area contributed by atoms with Crippen LogP contribution in [0.25, 0.3) is 11.5 Å². The molecule has 2 heterocycles. The van der Waals surface area contributed by atoms with Gasteiger partial charge in [-0.15, -0.1) is 10.2 Å². The quantitative estimate of drug-likeness (QED) is 0.798. The number of hydrogen-bond donors (Lipinski definition) is 1. The second-order valence-electron chi connectivity index (χ2n) is 5.55. The summed E-state index contributed by atoms with van der Waals surface area (Å²) in [6.45, 7) is 5.67. The standard InChI is InChI=1S/C17H17FN4O2/c1-10-8-15(17-21-20-12(3)24-17)11(2)22(10)9-16(23)19-14-6-4-13(18)5-7-14/h4-8H,9H2,1-3H3,(H,19,23). The van der Waals surface area contributed by atoms with E-state index in [1.165, 1.54) is 24.3 Å². The van der Waals surface area contributed by atoms with E-state index in [1.807, 2.05) is 24.5 Å². The summed E-state index contributed by atoms with van der Waals surface area (Å²) in [5.41, 5.74) is 3.14. The lowest BCUT2D eigenvalue weighted by Gasteiger charge is -2.10. The number of rotatable bonds is 4. The fourth-order valence-electron chi connectivity index (χ4n) is 2.54. The molecule has 0 radical (unpaired) electrons. The van der Waals surface area contributed by atoms with Gasteiger partial charge >= 0.3 is 0 Å². The molecule has 124 valence electrons. The number of benzene rings is 1. The lowest BCUT2D eigenvalue weighted by Crippen LogP contribution is -2.20. The Morgan fingerprint density at radius 3 is 2.54 bits per heavy atom. The first-order valence-electron chi connectivity index (χ1n) is 7.46. The number of carbonyl (C=O) groups excluding carboxylic acids is 1. The molecule has 0 saturated heterocycles. The van der Waals surface area contributed by atoms with Gasteiger partial charge in [-0.1, -0.05) is 0 Å². The highest BCUT2D eigenvalue weighted by molar-refractivity contribution is 5.90. The lowest BCUT2D eigenvalue weighted by atomic mass is 10.2. The van der Waals surface area contributed by atoms with Crippen LogP contribution in [-0.2, 0) is 11.3 Å². The number of aryl methyl sites for hydroxylation is 2. The Morgan fingerprint density at radius 2 is 1.92 bits per heavy atom. The Balaban J connectivity index is 1.78. The van der Waals surface area contributed by atoms with Gasteiger partial charge in [0.25, 0.3) is 0 Å². The third kappa shape index (κ3) is 3.19. The van der Waals surface area contributed by atoms with Crippen molar-refractivity contribution in [3.63, 3.8) is 0 Å². The SMILES string of the molecule is Cc1nnc(-c2cc(C)n(CC(=O)Nc3ccc(F)cc3)c2C)o1. The number of halogens is 1. The molecule has 2 aromatic heterocycles. The van der Waals surface area contributed by atoms with E-state index >= 15 is 0 Å². The van der Waals surface area contributed by atoms with E-state index in [9.17, 15) is 9.18 Å². The van der Waals surface area contributed by atoms with E-state index in [0.29, 0.717) is 17.5 Å². The van der Waals surface area contributed by atoms with E-state index in [1.54, 1.807) is 6.92 Å². The zero-order chi connectivity index (χ0) is 17.3. The van der Waals surface area contributed by atoms with Gasteiger partial charge in [0, 0.05) is 24.0 Å². The molecule has 0 saturated carbocycles. The second kappa shape index (κ2) is 6.27. The smallest absolute Gasteiger partial charge is 0.249 e. The molecule has 0 bridgehead atoms. The van der Waals surface area contributed by atoms with E-state index in [-0.39, 0.29) is 18.3 Å². The fraction of sp³-hybridized carbons (Fsp3) is 0.235. The first kappa shape index (κ1) is 15.9. The molecule has 0 atom stereocenters. The monoisotopic (exact) mass is 328 g/mol. The van der Waals surface area contributed by atoms with Gasteiger partial charge in [0.1, 0.15) is 12.4 Å². The van der Waals surface area contributed by atoms with Crippen molar-refractivity contribution >= 4 is 11.6 Å². The van der Waals surface area contributed by atoms with Crippen LogP contribution in [0.2, 0.25) is 0 Å². The molecule has 1 N–H and O–H groups in total. The molecule has 3 aromatic rings. The van der Waals surface area contributed by atoms with Crippen molar-refractivity contribution in [1.82, 2.24) is 14.8 Å². The summed E-state index contributed by atoms with van der Waals surface area (Å²) in [5.74, 6) is 0.385. The average molecular weight is 328 g/mol. The highest BCUT2D eigenvalue weighted by Crippen LogP contribution is 2.25. The fourth-order valence-corrected chi connectivity index (χ4v) is 2.54. The van der Waals surface area contributed by atoms with E-state index in [0.717, 1.165) is 17.0 Å². The number of nitrogens with zero attached hydrogens (tertiary/aromatic N) is 3. The number of nitrogens with one attached hydrogen (secondary N) is 1. The van der Waals surface area contributed by atoms with Gasteiger partial charge < -0.3 is 14.3 Å². The van der Waals surface area contributed by atoms with Gasteiger partial charge in [0.05, 0.1) is 5.56 Å². The maximum atomic E-state index is 12.9. The molecular weight excluding hydrogens is 311 g/mol. The summed E-state index contributed by atoms with van der Waals surface area (Å²) in [6, 6.07) is 7.56. The number of aromatic nitrogens is 3. The number of amides is 1. The third-order valence-corrected chi connectivity index (χ3v) is 3.76. The molecular formula is C17H17FN4O2. The van der Waals surface area contributed by atoms with Crippen molar-refractivity contribution in [3.05, 3.63) is 53.4 Å². The van der Waals surface area contributed by atoms with Crippen LogP contribution in [-0.4, -0.2) is 20.7 Å². The molecule has 0 fully saturated rings. The molecule has 0 aliphatic heterocycles. The zero-order valence-corrected chi connectivity index (χ0v) is 13.6. The molecule has 0 aliphatic carbocycles. The van der Waals surface area contributed by atoms with E-state index in [4.69, 9.17) is 4.42 Å². The highest BCUT2D eigenvalue weighted by Gasteiger charge is 2.17. The first-order chi connectivity index (χ1) is 11.4. The van der Waals surface area contributed by atoms with E-state index < -0.39 is 0 Å². The predicted molar refractivity (Wildman–Crippen MR) is 87.0 cm³/mol. The molecule has 0 unspecified atom stereocenters. The Bertz CT molecular complexity index is 881. The van der Waals surface area contributed by atoms with Crippen molar-refractivity contribution in [2.75, 3.05) is 5.32 Å². The Morgan fingerprint density at radius 1 is 1.21 bits per heavy atom. The number of hydrogen-bond acceptors (Lipinski definition) is 4. The van der Waals surface area contributed by atoms with Crippen LogP contribution >= 0.6 is 0 Å². The van der Waals surface area contributed by atoms with E-state index in [2.05, 4.69) is 15.5 Å². The molecule has 1 amide bonds. The number of anilines is 1. The van der Waals surface area contributed by atoms with Crippen LogP contribution in [0.15, 0.2) is 34.7 Å². The normalized spacial score (nSPS) is 10.8. The number of carbonyl (C=O) groups is 1. The van der Waals surface area contributed by atoms with Crippen LogP contribution in [0.5, 0.6) is 0 Å². The molecule has 6 nitrogen and oxygen atoms in total. The van der Waals surface area contributed by atoms with Gasteiger partial charge in [0.15, 0.2) is 0 Å². The van der Waals surface area contributed by atoms with Crippen molar-refractivity contribution in [1.29, 1.82) is 0 Å². The minimum Gasteiger partial charge on any atom is -0.421 e. The first-order valence-corrected chi connectivity index (χ1v) is 7.46. The minimum absolute atomic E-state index is 0.141. The molecule has 3 rings (SSSR count). The van der Waals surface area contributed by atoms with Crippen LogP contribution in [0.4, 0.5) is 10.1 Å². The molecule has 0 aliphatic rings. The Hall–Kier alpha value is -2.96. The molecule has 1 aromatic carbocycles. The second-order valence-corrected chi connectivity index (χ2v) is 5.55. The topological polar surface area (TPSA) is 73.0 Å². The summed E-state index contributed by atoms with van der Waals surface area (Å²) < 4.78 is 20.2. The van der Waals surface area contributed by atoms with Crippen molar-refractivity contribution in [3.8, 4) is 11.5 Å². The lowest BCUT2D eigenvalue weighted by molar-refractivity contribution is -0.116. The Kier molecular flexibility index (Phi) is 4.16. The maximum absolute atomic E-state index is 12.9. The predicted octanol–water partition coefficient (Wildman–Crippen LogP) is 3.24. The average Bonchev–Trinajstić information content (AvgIpc) is 3.08. The Labute approximate surface area is 138 Å². The summed E-state index contributed by atoms with van der Waals surface area (Å²) in [4.78, 5) is 12.2. The van der Waals surface area contributed by atoms with Gasteiger partial charge in [-0.2, -0.15) is 0 Å². The van der Waals surface area contributed by atoms with Crippen LogP contribution in [0, 0.1) is 26.6 Å². The maximum Gasteiger partial charge on any atom is 0.249 e. The van der Waals surface area contributed by atoms with Crippen LogP contribution < -0.4 is 5.32 Å². The van der Waals surface area contributed by atoms with Gasteiger partial charge in [0.2, 0.25) is 17.7 Å². The van der Waals surface area contributed by atoms with Crippen LogP contribution in [0.1, 0.15) is 17.3 Å².